The first-order chi connectivity index (χ1) is 8.74. The largest absolute Gasteiger partial charge is 0.306 e. The third-order valence-corrected chi connectivity index (χ3v) is 6.09. The second-order valence-electron chi connectivity index (χ2n) is 6.46. The van der Waals surface area contributed by atoms with Crippen molar-refractivity contribution in [3.63, 3.8) is 0 Å². The minimum atomic E-state index is 0.286. The van der Waals surface area contributed by atoms with Gasteiger partial charge in [-0.25, -0.2) is 0 Å². The Balaban J connectivity index is 1.52. The molecule has 1 N–H and O–H groups in total. The Labute approximate surface area is 112 Å². The van der Waals surface area contributed by atoms with Gasteiger partial charge in [0, 0.05) is 28.8 Å². The van der Waals surface area contributed by atoms with Crippen molar-refractivity contribution in [2.45, 2.75) is 44.2 Å². The average molecular weight is 261 g/mol. The van der Waals surface area contributed by atoms with E-state index in [0.29, 0.717) is 17.6 Å². The van der Waals surface area contributed by atoms with Gasteiger partial charge in [0.25, 0.3) is 0 Å². The van der Waals surface area contributed by atoms with E-state index in [4.69, 9.17) is 0 Å². The van der Waals surface area contributed by atoms with Crippen LogP contribution in [-0.2, 0) is 11.3 Å². The summed E-state index contributed by atoms with van der Waals surface area (Å²) in [6.45, 7) is 0.984. The number of rotatable bonds is 3. The number of Topliss-reactive ketones (excluding diaryl/α,β-unsaturated/α-hetero) is 1. The van der Waals surface area contributed by atoms with Crippen molar-refractivity contribution >= 4 is 17.1 Å². The first-order valence-corrected chi connectivity index (χ1v) is 7.93. The van der Waals surface area contributed by atoms with Crippen LogP contribution in [0.1, 0.15) is 37.0 Å². The Morgan fingerprint density at radius 3 is 2.72 bits per heavy atom. The van der Waals surface area contributed by atoms with Gasteiger partial charge in [0.2, 0.25) is 0 Å². The summed E-state index contributed by atoms with van der Waals surface area (Å²) >= 11 is 1.82. The zero-order chi connectivity index (χ0) is 12.2. The quantitative estimate of drug-likeness (QED) is 0.906. The van der Waals surface area contributed by atoms with Crippen LogP contribution in [-0.4, -0.2) is 11.3 Å². The predicted octanol–water partition coefficient (Wildman–Crippen LogP) is 2.99. The molecule has 1 heterocycles. The van der Waals surface area contributed by atoms with Crippen LogP contribution in [0.2, 0.25) is 0 Å². The molecule has 0 spiro atoms. The van der Waals surface area contributed by atoms with Crippen molar-refractivity contribution in [1.82, 2.24) is 5.32 Å². The summed E-state index contributed by atoms with van der Waals surface area (Å²) in [6.07, 6.45) is 5.86. The molecule has 4 aliphatic rings. The van der Waals surface area contributed by atoms with Crippen LogP contribution in [0.5, 0.6) is 0 Å². The molecule has 4 bridgehead atoms. The average Bonchev–Trinajstić information content (AvgIpc) is 2.86. The highest BCUT2D eigenvalue weighted by atomic mass is 32.1. The van der Waals surface area contributed by atoms with Gasteiger partial charge < -0.3 is 5.32 Å². The maximum Gasteiger partial charge on any atom is 0.139 e. The summed E-state index contributed by atoms with van der Waals surface area (Å²) in [5.41, 5.74) is 0.286. The number of ketones is 1. The first kappa shape index (κ1) is 11.2. The molecule has 2 nitrogen and oxygen atoms in total. The van der Waals surface area contributed by atoms with Gasteiger partial charge in [0.15, 0.2) is 0 Å². The SMILES string of the molecule is O=C1C2CC3CC1CC(NCc1cccs1)(C3)C2. The number of hydrogen-bond acceptors (Lipinski definition) is 3. The Bertz CT molecular complexity index is 449. The minimum absolute atomic E-state index is 0.286. The number of carbonyl (C=O) groups excluding carboxylic acids is 1. The van der Waals surface area contributed by atoms with E-state index in [0.717, 1.165) is 25.3 Å². The van der Waals surface area contributed by atoms with Crippen molar-refractivity contribution < 1.29 is 4.79 Å². The first-order valence-electron chi connectivity index (χ1n) is 7.05. The van der Waals surface area contributed by atoms with Crippen LogP contribution >= 0.6 is 11.3 Å². The van der Waals surface area contributed by atoms with Crippen molar-refractivity contribution in [2.75, 3.05) is 0 Å². The summed E-state index contributed by atoms with van der Waals surface area (Å²) in [5, 5.41) is 5.95. The Morgan fingerprint density at radius 2 is 2.06 bits per heavy atom. The van der Waals surface area contributed by atoms with E-state index in [9.17, 15) is 4.79 Å². The van der Waals surface area contributed by atoms with Gasteiger partial charge >= 0.3 is 0 Å². The predicted molar refractivity (Wildman–Crippen MR) is 72.5 cm³/mol. The molecule has 4 saturated carbocycles. The van der Waals surface area contributed by atoms with Gasteiger partial charge in [0.05, 0.1) is 0 Å². The van der Waals surface area contributed by atoms with E-state index in [2.05, 4.69) is 22.8 Å². The van der Waals surface area contributed by atoms with Crippen LogP contribution in [0.4, 0.5) is 0 Å². The zero-order valence-electron chi connectivity index (χ0n) is 10.5. The Morgan fingerprint density at radius 1 is 1.28 bits per heavy atom. The van der Waals surface area contributed by atoms with Gasteiger partial charge in [-0.05, 0) is 49.5 Å². The number of carbonyl (C=O) groups is 1. The lowest BCUT2D eigenvalue weighted by molar-refractivity contribution is -0.143. The molecule has 4 aliphatic carbocycles. The summed E-state index contributed by atoms with van der Waals surface area (Å²) in [6, 6.07) is 4.31. The zero-order valence-corrected chi connectivity index (χ0v) is 11.3. The molecular weight excluding hydrogens is 242 g/mol. The van der Waals surface area contributed by atoms with Crippen molar-refractivity contribution in [2.24, 2.45) is 17.8 Å². The molecule has 1 aromatic heterocycles. The molecule has 4 fully saturated rings. The molecule has 0 saturated heterocycles. The standard InChI is InChI=1S/C15H19NOS/c17-14-11-4-10-5-12(14)8-15(6-10,7-11)16-9-13-2-1-3-18-13/h1-3,10-12,16H,4-9H2. The number of nitrogens with one attached hydrogen (secondary N) is 1. The molecule has 2 unspecified atom stereocenters. The second-order valence-corrected chi connectivity index (χ2v) is 7.49. The van der Waals surface area contributed by atoms with Crippen molar-refractivity contribution in [3.8, 4) is 0 Å². The number of hydrogen-bond donors (Lipinski definition) is 1. The summed E-state index contributed by atoms with van der Waals surface area (Å²) in [4.78, 5) is 13.5. The van der Waals surface area contributed by atoms with Crippen LogP contribution in [0.3, 0.4) is 0 Å². The van der Waals surface area contributed by atoms with Crippen molar-refractivity contribution in [1.29, 1.82) is 0 Å². The molecule has 0 amide bonds. The smallest absolute Gasteiger partial charge is 0.139 e. The van der Waals surface area contributed by atoms with E-state index in [-0.39, 0.29) is 5.54 Å². The fourth-order valence-corrected chi connectivity index (χ4v) is 5.30. The van der Waals surface area contributed by atoms with E-state index < -0.39 is 0 Å². The highest BCUT2D eigenvalue weighted by Crippen LogP contribution is 2.54. The third kappa shape index (κ3) is 1.68. The van der Waals surface area contributed by atoms with Gasteiger partial charge in [0.1, 0.15) is 5.78 Å². The van der Waals surface area contributed by atoms with Crippen LogP contribution in [0.15, 0.2) is 17.5 Å². The van der Waals surface area contributed by atoms with E-state index in [1.54, 1.807) is 0 Å². The van der Waals surface area contributed by atoms with Gasteiger partial charge in [-0.3, -0.25) is 4.79 Å². The van der Waals surface area contributed by atoms with E-state index in [1.807, 2.05) is 11.3 Å². The van der Waals surface area contributed by atoms with Crippen LogP contribution in [0.25, 0.3) is 0 Å². The van der Waals surface area contributed by atoms with Gasteiger partial charge in [-0.1, -0.05) is 6.07 Å². The maximum absolute atomic E-state index is 12.1. The lowest BCUT2D eigenvalue weighted by Gasteiger charge is -2.56. The molecular formula is C15H19NOS. The van der Waals surface area contributed by atoms with Crippen LogP contribution in [0, 0.1) is 17.8 Å². The summed E-state index contributed by atoms with van der Waals surface area (Å²) in [5.74, 6) is 2.16. The lowest BCUT2D eigenvalue weighted by atomic mass is 9.52. The lowest BCUT2D eigenvalue weighted by Crippen LogP contribution is -2.61. The minimum Gasteiger partial charge on any atom is -0.306 e. The molecule has 3 heteroatoms. The van der Waals surface area contributed by atoms with Crippen molar-refractivity contribution in [3.05, 3.63) is 22.4 Å². The van der Waals surface area contributed by atoms with E-state index in [1.165, 1.54) is 24.1 Å². The Hall–Kier alpha value is -0.670. The molecule has 0 radical (unpaired) electrons. The highest BCUT2D eigenvalue weighted by Gasteiger charge is 2.54. The topological polar surface area (TPSA) is 29.1 Å². The second kappa shape index (κ2) is 3.91. The fourth-order valence-electron chi connectivity index (χ4n) is 4.65. The normalized spacial score (nSPS) is 41.6. The highest BCUT2D eigenvalue weighted by molar-refractivity contribution is 7.09. The summed E-state index contributed by atoms with van der Waals surface area (Å²) in [7, 11) is 0. The molecule has 5 rings (SSSR count). The molecule has 18 heavy (non-hydrogen) atoms. The molecule has 0 aliphatic heterocycles. The van der Waals surface area contributed by atoms with Crippen LogP contribution < -0.4 is 5.32 Å². The van der Waals surface area contributed by atoms with E-state index >= 15 is 0 Å². The molecule has 0 aromatic carbocycles. The van der Waals surface area contributed by atoms with Gasteiger partial charge in [-0.2, -0.15) is 0 Å². The monoisotopic (exact) mass is 261 g/mol. The number of thiophene rings is 1. The molecule has 96 valence electrons. The van der Waals surface area contributed by atoms with Gasteiger partial charge in [-0.15, -0.1) is 11.3 Å². The molecule has 2 atom stereocenters. The maximum atomic E-state index is 12.1. The fraction of sp³-hybridized carbons (Fsp3) is 0.667. The molecule has 1 aromatic rings. The Kier molecular flexibility index (Phi) is 2.43. The summed E-state index contributed by atoms with van der Waals surface area (Å²) < 4.78 is 0. The third-order valence-electron chi connectivity index (χ3n) is 5.21.